The van der Waals surface area contributed by atoms with Crippen molar-refractivity contribution in [3.05, 3.63) is 23.3 Å². The molecule has 0 aromatic rings. The van der Waals surface area contributed by atoms with Crippen molar-refractivity contribution in [3.63, 3.8) is 0 Å². The molecule has 102 valence electrons. The first kappa shape index (κ1) is 17.0. The van der Waals surface area contributed by atoms with Gasteiger partial charge in [-0.2, -0.15) is 0 Å². The molecule has 0 atom stereocenters. The van der Waals surface area contributed by atoms with E-state index >= 15 is 0 Å². The van der Waals surface area contributed by atoms with Gasteiger partial charge in [-0.05, 0) is 20.3 Å². The number of hydrogen-bond acceptors (Lipinski definition) is 3. The highest BCUT2D eigenvalue weighted by molar-refractivity contribution is 8.14. The van der Waals surface area contributed by atoms with Gasteiger partial charge in [-0.1, -0.05) is 42.8 Å². The molecular formula is C14H23NO2S. The lowest BCUT2D eigenvalue weighted by Gasteiger charge is -2.02. The minimum Gasteiger partial charge on any atom is -0.356 e. The number of carbonyl (C=O) groups excluding carboxylic acids is 2. The van der Waals surface area contributed by atoms with E-state index in [9.17, 15) is 9.59 Å². The molecule has 1 amide bonds. The Morgan fingerprint density at radius 2 is 1.83 bits per heavy atom. The predicted molar refractivity (Wildman–Crippen MR) is 78.6 cm³/mol. The van der Waals surface area contributed by atoms with Crippen LogP contribution in [-0.2, 0) is 9.59 Å². The van der Waals surface area contributed by atoms with Crippen LogP contribution in [0.4, 0.5) is 0 Å². The van der Waals surface area contributed by atoms with Crippen LogP contribution >= 0.6 is 11.8 Å². The Balaban J connectivity index is 4.05. The van der Waals surface area contributed by atoms with Gasteiger partial charge in [-0.15, -0.1) is 0 Å². The molecule has 0 bridgehead atoms. The Labute approximate surface area is 114 Å². The van der Waals surface area contributed by atoms with E-state index in [1.54, 1.807) is 0 Å². The molecule has 0 fully saturated rings. The fourth-order valence-corrected chi connectivity index (χ4v) is 1.98. The van der Waals surface area contributed by atoms with E-state index in [0.717, 1.165) is 18.4 Å². The Hall–Kier alpha value is -1.03. The minimum atomic E-state index is -0.0616. The third kappa shape index (κ3) is 9.05. The van der Waals surface area contributed by atoms with Crippen molar-refractivity contribution in [2.45, 2.75) is 40.5 Å². The van der Waals surface area contributed by atoms with Gasteiger partial charge in [0.05, 0.1) is 0 Å². The summed E-state index contributed by atoms with van der Waals surface area (Å²) >= 11 is 1.24. The van der Waals surface area contributed by atoms with E-state index in [0.29, 0.717) is 12.3 Å². The molecule has 0 radical (unpaired) electrons. The maximum absolute atomic E-state index is 11.7. The number of amides is 1. The minimum absolute atomic E-state index is 0.0616. The van der Waals surface area contributed by atoms with Crippen molar-refractivity contribution >= 4 is 22.8 Å². The van der Waals surface area contributed by atoms with Crippen LogP contribution in [0.3, 0.4) is 0 Å². The second kappa shape index (κ2) is 9.95. The van der Waals surface area contributed by atoms with E-state index in [-0.39, 0.29) is 11.0 Å². The first-order valence-corrected chi connectivity index (χ1v) is 7.21. The summed E-state index contributed by atoms with van der Waals surface area (Å²) in [7, 11) is 0. The summed E-state index contributed by atoms with van der Waals surface area (Å²) in [6.07, 6.45) is 6.06. The number of rotatable bonds is 7. The molecule has 18 heavy (non-hydrogen) atoms. The van der Waals surface area contributed by atoms with Crippen LogP contribution in [0.1, 0.15) is 40.5 Å². The summed E-state index contributed by atoms with van der Waals surface area (Å²) in [4.78, 5) is 22.3. The van der Waals surface area contributed by atoms with E-state index in [4.69, 9.17) is 0 Å². The average Bonchev–Trinajstić information content (AvgIpc) is 2.31. The SMILES string of the molecule is CCC/C(C)=C/C=C(\C)C(=O)SCCNC(C)=O. The van der Waals surface area contributed by atoms with Crippen LogP contribution in [0.15, 0.2) is 23.3 Å². The van der Waals surface area contributed by atoms with Crippen molar-refractivity contribution in [2.75, 3.05) is 12.3 Å². The molecule has 0 aromatic carbocycles. The molecule has 0 unspecified atom stereocenters. The molecule has 1 N–H and O–H groups in total. The van der Waals surface area contributed by atoms with E-state index in [2.05, 4.69) is 19.2 Å². The fraction of sp³-hybridized carbons (Fsp3) is 0.571. The van der Waals surface area contributed by atoms with Crippen LogP contribution < -0.4 is 5.32 Å². The van der Waals surface area contributed by atoms with Gasteiger partial charge in [0.1, 0.15) is 0 Å². The number of nitrogens with one attached hydrogen (secondary N) is 1. The van der Waals surface area contributed by atoms with Gasteiger partial charge in [-0.25, -0.2) is 0 Å². The van der Waals surface area contributed by atoms with E-state index in [1.807, 2.05) is 19.1 Å². The van der Waals surface area contributed by atoms with Gasteiger partial charge in [-0.3, -0.25) is 9.59 Å². The smallest absolute Gasteiger partial charge is 0.216 e. The largest absolute Gasteiger partial charge is 0.356 e. The molecule has 0 rings (SSSR count). The lowest BCUT2D eigenvalue weighted by molar-refractivity contribution is -0.118. The molecule has 0 saturated heterocycles. The molecule has 0 spiro atoms. The molecular weight excluding hydrogens is 246 g/mol. The van der Waals surface area contributed by atoms with E-state index < -0.39 is 0 Å². The summed E-state index contributed by atoms with van der Waals surface area (Å²) in [5.74, 6) is 0.551. The molecule has 3 nitrogen and oxygen atoms in total. The summed E-state index contributed by atoms with van der Waals surface area (Å²) in [6, 6.07) is 0. The second-order valence-electron chi connectivity index (χ2n) is 4.23. The van der Waals surface area contributed by atoms with Gasteiger partial charge < -0.3 is 5.32 Å². The van der Waals surface area contributed by atoms with Crippen LogP contribution in [-0.4, -0.2) is 23.3 Å². The van der Waals surface area contributed by atoms with Crippen molar-refractivity contribution in [2.24, 2.45) is 0 Å². The highest BCUT2D eigenvalue weighted by Crippen LogP contribution is 2.11. The van der Waals surface area contributed by atoms with Gasteiger partial charge in [0, 0.05) is 24.8 Å². The zero-order chi connectivity index (χ0) is 14.0. The van der Waals surface area contributed by atoms with Gasteiger partial charge in [0.2, 0.25) is 11.0 Å². The topological polar surface area (TPSA) is 46.2 Å². The highest BCUT2D eigenvalue weighted by atomic mass is 32.2. The zero-order valence-electron chi connectivity index (χ0n) is 11.7. The number of thioether (sulfide) groups is 1. The summed E-state index contributed by atoms with van der Waals surface area (Å²) in [6.45, 7) is 8.03. The number of allylic oxidation sites excluding steroid dienone is 3. The number of carbonyl (C=O) groups is 2. The van der Waals surface area contributed by atoms with Gasteiger partial charge in [0.25, 0.3) is 0 Å². The summed E-state index contributed by atoms with van der Waals surface area (Å²) < 4.78 is 0. The van der Waals surface area contributed by atoms with Gasteiger partial charge in [0.15, 0.2) is 0 Å². The molecule has 0 aliphatic carbocycles. The third-order valence-electron chi connectivity index (χ3n) is 2.29. The predicted octanol–water partition coefficient (Wildman–Crippen LogP) is 3.08. The molecule has 4 heteroatoms. The quantitative estimate of drug-likeness (QED) is 0.439. The normalized spacial score (nSPS) is 12.4. The van der Waals surface area contributed by atoms with Crippen molar-refractivity contribution in [1.29, 1.82) is 0 Å². The van der Waals surface area contributed by atoms with Crippen molar-refractivity contribution in [1.82, 2.24) is 5.32 Å². The van der Waals surface area contributed by atoms with Gasteiger partial charge >= 0.3 is 0 Å². The van der Waals surface area contributed by atoms with Crippen molar-refractivity contribution < 1.29 is 9.59 Å². The number of hydrogen-bond donors (Lipinski definition) is 1. The molecule has 0 aliphatic rings. The van der Waals surface area contributed by atoms with E-state index in [1.165, 1.54) is 24.3 Å². The average molecular weight is 269 g/mol. The molecule has 0 heterocycles. The standard InChI is InChI=1S/C14H23NO2S/c1-5-6-11(2)7-8-12(3)14(17)18-10-9-15-13(4)16/h7-8H,5-6,9-10H2,1-4H3,(H,15,16)/b11-7+,12-8+. The molecule has 0 saturated carbocycles. The lowest BCUT2D eigenvalue weighted by Crippen LogP contribution is -2.22. The first-order chi connectivity index (χ1) is 8.47. The maximum atomic E-state index is 11.7. The zero-order valence-corrected chi connectivity index (χ0v) is 12.5. The highest BCUT2D eigenvalue weighted by Gasteiger charge is 2.04. The lowest BCUT2D eigenvalue weighted by atomic mass is 10.1. The van der Waals surface area contributed by atoms with Crippen LogP contribution in [0, 0.1) is 0 Å². The second-order valence-corrected chi connectivity index (χ2v) is 5.30. The molecule has 0 aromatic heterocycles. The third-order valence-corrected chi connectivity index (χ3v) is 3.29. The first-order valence-electron chi connectivity index (χ1n) is 6.23. The Kier molecular flexibility index (Phi) is 9.38. The van der Waals surface area contributed by atoms with Crippen LogP contribution in [0.2, 0.25) is 0 Å². The van der Waals surface area contributed by atoms with Crippen LogP contribution in [0.25, 0.3) is 0 Å². The van der Waals surface area contributed by atoms with Crippen LogP contribution in [0.5, 0.6) is 0 Å². The fourth-order valence-electron chi connectivity index (χ4n) is 1.30. The monoisotopic (exact) mass is 269 g/mol. The Morgan fingerprint density at radius 1 is 1.17 bits per heavy atom. The Morgan fingerprint density at radius 3 is 2.39 bits per heavy atom. The summed E-state index contributed by atoms with van der Waals surface area (Å²) in [5, 5.41) is 2.73. The molecule has 0 aliphatic heterocycles. The summed E-state index contributed by atoms with van der Waals surface area (Å²) in [5.41, 5.74) is 2.03. The Bertz CT molecular complexity index is 346. The maximum Gasteiger partial charge on any atom is 0.216 e. The van der Waals surface area contributed by atoms with Crippen molar-refractivity contribution in [3.8, 4) is 0 Å².